The second-order valence-corrected chi connectivity index (χ2v) is 3.54. The van der Waals surface area contributed by atoms with Crippen LogP contribution >= 0.6 is 0 Å². The smallest absolute Gasteiger partial charge is 0.181 e. The van der Waals surface area contributed by atoms with Gasteiger partial charge in [0, 0.05) is 24.4 Å². The average Bonchev–Trinajstić information content (AvgIpc) is 2.98. The maximum absolute atomic E-state index is 4.53. The molecule has 0 radical (unpaired) electrons. The van der Waals surface area contributed by atoms with Crippen LogP contribution < -0.4 is 0 Å². The maximum Gasteiger partial charge on any atom is 0.181 e. The van der Waals surface area contributed by atoms with Gasteiger partial charge in [-0.2, -0.15) is 0 Å². The molecule has 5 nitrogen and oxygen atoms in total. The van der Waals surface area contributed by atoms with Gasteiger partial charge in [-0.3, -0.25) is 0 Å². The van der Waals surface area contributed by atoms with Crippen molar-refractivity contribution >= 4 is 11.2 Å². The number of nitrogens with zero attached hydrogens (tertiary/aromatic N) is 3. The van der Waals surface area contributed by atoms with Gasteiger partial charge in [-0.25, -0.2) is 15.0 Å². The Hall–Kier alpha value is -2.17. The zero-order chi connectivity index (χ0) is 11.0. The van der Waals surface area contributed by atoms with Crippen molar-refractivity contribution in [3.63, 3.8) is 0 Å². The molecule has 3 rings (SSSR count). The maximum atomic E-state index is 4.53. The van der Waals surface area contributed by atoms with E-state index in [-0.39, 0.29) is 0 Å². The molecule has 0 spiro atoms. The molecule has 0 aromatic carbocycles. The summed E-state index contributed by atoms with van der Waals surface area (Å²) in [5, 5.41) is 0. The van der Waals surface area contributed by atoms with Crippen LogP contribution in [0, 0.1) is 0 Å². The Morgan fingerprint density at radius 3 is 3.00 bits per heavy atom. The Morgan fingerprint density at radius 2 is 2.25 bits per heavy atom. The Morgan fingerprint density at radius 1 is 1.31 bits per heavy atom. The molecule has 80 valence electrons. The molecule has 0 atom stereocenters. The molecule has 0 saturated carbocycles. The van der Waals surface area contributed by atoms with E-state index in [9.17, 15) is 0 Å². The van der Waals surface area contributed by atoms with Crippen LogP contribution in [0.5, 0.6) is 0 Å². The molecule has 0 aliphatic rings. The van der Waals surface area contributed by atoms with E-state index in [1.54, 1.807) is 6.33 Å². The first-order chi connectivity index (χ1) is 7.88. The van der Waals surface area contributed by atoms with Crippen LogP contribution in [-0.2, 0) is 6.42 Å². The first kappa shape index (κ1) is 9.08. The summed E-state index contributed by atoms with van der Waals surface area (Å²) in [5.74, 6) is 0.816. The van der Waals surface area contributed by atoms with E-state index >= 15 is 0 Å². The van der Waals surface area contributed by atoms with Crippen molar-refractivity contribution in [2.45, 2.75) is 13.3 Å². The normalized spacial score (nSPS) is 11.1. The second kappa shape index (κ2) is 3.44. The number of aryl methyl sites for hydroxylation is 1. The number of H-pyrrole nitrogens is 2. The monoisotopic (exact) mass is 213 g/mol. The Labute approximate surface area is 92.0 Å². The van der Waals surface area contributed by atoms with E-state index in [0.717, 1.165) is 34.7 Å². The Kier molecular flexibility index (Phi) is 1.96. The van der Waals surface area contributed by atoms with Gasteiger partial charge in [0.2, 0.25) is 0 Å². The van der Waals surface area contributed by atoms with Gasteiger partial charge in [0.1, 0.15) is 17.0 Å². The van der Waals surface area contributed by atoms with Crippen LogP contribution in [0.4, 0.5) is 0 Å². The number of aromatic amines is 2. The van der Waals surface area contributed by atoms with Crippen molar-refractivity contribution in [3.8, 4) is 11.3 Å². The van der Waals surface area contributed by atoms with E-state index in [4.69, 9.17) is 0 Å². The van der Waals surface area contributed by atoms with Gasteiger partial charge in [-0.05, 0) is 6.07 Å². The van der Waals surface area contributed by atoms with Crippen LogP contribution in [-0.4, -0.2) is 24.9 Å². The molecule has 0 aliphatic heterocycles. The number of hydrogen-bond acceptors (Lipinski definition) is 3. The Balaban J connectivity index is 2.33. The highest BCUT2D eigenvalue weighted by Crippen LogP contribution is 2.23. The Bertz CT molecular complexity index is 608. The summed E-state index contributed by atoms with van der Waals surface area (Å²) >= 11 is 0. The highest BCUT2D eigenvalue weighted by atomic mass is 15.0. The predicted molar refractivity (Wildman–Crippen MR) is 60.8 cm³/mol. The first-order valence-corrected chi connectivity index (χ1v) is 5.21. The molecule has 0 fully saturated rings. The largest absolute Gasteiger partial charge is 0.367 e. The van der Waals surface area contributed by atoms with Gasteiger partial charge >= 0.3 is 0 Å². The predicted octanol–water partition coefficient (Wildman–Crippen LogP) is 1.91. The molecule has 0 amide bonds. The summed E-state index contributed by atoms with van der Waals surface area (Å²) in [7, 11) is 0. The van der Waals surface area contributed by atoms with Gasteiger partial charge in [-0.1, -0.05) is 6.92 Å². The molecule has 0 saturated heterocycles. The second-order valence-electron chi connectivity index (χ2n) is 3.54. The van der Waals surface area contributed by atoms with Crippen molar-refractivity contribution in [2.24, 2.45) is 0 Å². The van der Waals surface area contributed by atoms with E-state index in [1.165, 1.54) is 0 Å². The minimum absolute atomic E-state index is 0.725. The number of hydrogen-bond donors (Lipinski definition) is 2. The first-order valence-electron chi connectivity index (χ1n) is 5.21. The molecule has 16 heavy (non-hydrogen) atoms. The van der Waals surface area contributed by atoms with E-state index in [0.29, 0.717) is 0 Å². The number of imidazole rings is 1. The molecule has 3 aromatic rings. The molecular weight excluding hydrogens is 202 g/mol. The van der Waals surface area contributed by atoms with Crippen LogP contribution in [0.25, 0.3) is 22.4 Å². The lowest BCUT2D eigenvalue weighted by Crippen LogP contribution is -1.96. The number of fused-ring (bicyclic) bond motifs is 1. The lowest BCUT2D eigenvalue weighted by atomic mass is 10.2. The van der Waals surface area contributed by atoms with Gasteiger partial charge < -0.3 is 9.97 Å². The third kappa shape index (κ3) is 1.29. The van der Waals surface area contributed by atoms with Crippen molar-refractivity contribution in [1.82, 2.24) is 24.9 Å². The molecule has 0 unspecified atom stereocenters. The number of aromatic nitrogens is 5. The van der Waals surface area contributed by atoms with E-state index in [1.807, 2.05) is 25.4 Å². The van der Waals surface area contributed by atoms with Crippen molar-refractivity contribution in [2.75, 3.05) is 0 Å². The minimum atomic E-state index is 0.725. The quantitative estimate of drug-likeness (QED) is 0.683. The van der Waals surface area contributed by atoms with Gasteiger partial charge in [-0.15, -0.1) is 0 Å². The third-order valence-electron chi connectivity index (χ3n) is 2.52. The topological polar surface area (TPSA) is 70.2 Å². The molecular formula is C11H11N5. The van der Waals surface area contributed by atoms with Crippen molar-refractivity contribution in [3.05, 3.63) is 30.6 Å². The summed E-state index contributed by atoms with van der Waals surface area (Å²) in [6.07, 6.45) is 6.25. The van der Waals surface area contributed by atoms with Crippen molar-refractivity contribution in [1.29, 1.82) is 0 Å². The molecule has 3 heterocycles. The summed E-state index contributed by atoms with van der Waals surface area (Å²) in [6, 6.07) is 1.99. The van der Waals surface area contributed by atoms with E-state index in [2.05, 4.69) is 24.9 Å². The standard InChI is InChI=1S/C11H11N5/c1-2-8-15-9(7-3-4-12-5-7)10-11(16-8)14-6-13-10/h3-6,12H,2H2,1H3,(H,13,14,15,16). The van der Waals surface area contributed by atoms with Crippen LogP contribution in [0.15, 0.2) is 24.8 Å². The number of rotatable bonds is 2. The highest BCUT2D eigenvalue weighted by Gasteiger charge is 2.10. The van der Waals surface area contributed by atoms with Gasteiger partial charge in [0.15, 0.2) is 5.65 Å². The molecule has 3 aromatic heterocycles. The third-order valence-corrected chi connectivity index (χ3v) is 2.52. The summed E-state index contributed by atoms with van der Waals surface area (Å²) in [6.45, 7) is 2.04. The van der Waals surface area contributed by atoms with E-state index < -0.39 is 0 Å². The highest BCUT2D eigenvalue weighted by molar-refractivity contribution is 5.86. The summed E-state index contributed by atoms with van der Waals surface area (Å²) in [4.78, 5) is 19.2. The fourth-order valence-corrected chi connectivity index (χ4v) is 1.72. The fraction of sp³-hybridized carbons (Fsp3) is 0.182. The zero-order valence-electron chi connectivity index (χ0n) is 8.86. The molecule has 2 N–H and O–H groups in total. The lowest BCUT2D eigenvalue weighted by Gasteiger charge is -2.01. The van der Waals surface area contributed by atoms with Crippen molar-refractivity contribution < 1.29 is 0 Å². The van der Waals surface area contributed by atoms with Gasteiger partial charge in [0.05, 0.1) is 6.33 Å². The van der Waals surface area contributed by atoms with Crippen LogP contribution in [0.3, 0.4) is 0 Å². The summed E-state index contributed by atoms with van der Waals surface area (Å²) < 4.78 is 0. The molecule has 0 bridgehead atoms. The minimum Gasteiger partial charge on any atom is -0.367 e. The van der Waals surface area contributed by atoms with Crippen LogP contribution in [0.1, 0.15) is 12.7 Å². The van der Waals surface area contributed by atoms with Gasteiger partial charge in [0.25, 0.3) is 0 Å². The average molecular weight is 213 g/mol. The number of nitrogens with one attached hydrogen (secondary N) is 2. The zero-order valence-corrected chi connectivity index (χ0v) is 8.86. The molecule has 0 aliphatic carbocycles. The fourth-order valence-electron chi connectivity index (χ4n) is 1.72. The summed E-state index contributed by atoms with van der Waals surface area (Å²) in [5.41, 5.74) is 3.56. The van der Waals surface area contributed by atoms with Crippen LogP contribution in [0.2, 0.25) is 0 Å². The SMILES string of the molecule is CCc1nc(-c2cc[nH]c2)c2[nH]cnc2n1. The lowest BCUT2D eigenvalue weighted by molar-refractivity contribution is 0.959. The molecule has 5 heteroatoms.